The number of hydrogen-bond acceptors (Lipinski definition) is 2. The van der Waals surface area contributed by atoms with Crippen LogP contribution < -0.4 is 0 Å². The zero-order chi connectivity index (χ0) is 10.7. The van der Waals surface area contributed by atoms with Crippen LogP contribution in [0, 0.1) is 24.2 Å². The molecular weight excluding hydrogens is 184 g/mol. The van der Waals surface area contributed by atoms with Crippen molar-refractivity contribution >= 4 is 11.9 Å². The van der Waals surface area contributed by atoms with E-state index in [2.05, 4.69) is 0 Å². The minimum Gasteiger partial charge on any atom is -0.481 e. The molecule has 0 aromatic rings. The first-order valence-corrected chi connectivity index (χ1v) is 4.81. The van der Waals surface area contributed by atoms with Crippen LogP contribution in [0.15, 0.2) is 0 Å². The quantitative estimate of drug-likeness (QED) is 0.720. The Morgan fingerprint density at radius 1 is 1.43 bits per heavy atom. The van der Waals surface area contributed by atoms with Crippen molar-refractivity contribution in [2.75, 3.05) is 0 Å². The fraction of sp³-hybridized carbons (Fsp3) is 0.700. The van der Waals surface area contributed by atoms with Crippen LogP contribution in [0.25, 0.3) is 0 Å². The van der Waals surface area contributed by atoms with Gasteiger partial charge in [-0.05, 0) is 31.6 Å². The summed E-state index contributed by atoms with van der Waals surface area (Å²) in [5, 5.41) is 17.8. The third kappa shape index (κ3) is 2.25. The van der Waals surface area contributed by atoms with Crippen LogP contribution in [0.3, 0.4) is 0 Å². The summed E-state index contributed by atoms with van der Waals surface area (Å²) in [6, 6.07) is 0. The molecule has 0 saturated heterocycles. The molecule has 0 spiro atoms. The van der Waals surface area contributed by atoms with Crippen LogP contribution >= 0.6 is 0 Å². The molecule has 0 aliphatic heterocycles. The highest BCUT2D eigenvalue weighted by Crippen LogP contribution is 2.34. The Bertz CT molecular complexity index is 236. The zero-order valence-corrected chi connectivity index (χ0v) is 8.14. The molecule has 14 heavy (non-hydrogen) atoms. The summed E-state index contributed by atoms with van der Waals surface area (Å²) in [6.45, 7) is 1.59. The van der Waals surface area contributed by atoms with Gasteiger partial charge in [0.25, 0.3) is 0 Å². The van der Waals surface area contributed by atoms with Gasteiger partial charge in [0, 0.05) is 0 Å². The number of aliphatic carboxylic acids is 2. The summed E-state index contributed by atoms with van der Waals surface area (Å²) >= 11 is 0. The van der Waals surface area contributed by atoms with Crippen molar-refractivity contribution in [2.24, 2.45) is 17.8 Å². The lowest BCUT2D eigenvalue weighted by molar-refractivity contribution is -0.149. The van der Waals surface area contributed by atoms with E-state index in [4.69, 9.17) is 10.2 Å². The van der Waals surface area contributed by atoms with E-state index in [1.165, 1.54) is 0 Å². The van der Waals surface area contributed by atoms with Gasteiger partial charge >= 0.3 is 11.9 Å². The molecule has 4 heteroatoms. The average molecular weight is 199 g/mol. The number of carboxylic acids is 2. The van der Waals surface area contributed by atoms with Gasteiger partial charge in [-0.1, -0.05) is 6.92 Å². The summed E-state index contributed by atoms with van der Waals surface area (Å²) < 4.78 is 0. The van der Waals surface area contributed by atoms with E-state index in [0.29, 0.717) is 12.8 Å². The first-order chi connectivity index (χ1) is 6.54. The zero-order valence-electron chi connectivity index (χ0n) is 8.14. The maximum absolute atomic E-state index is 10.9. The van der Waals surface area contributed by atoms with Gasteiger partial charge in [0.1, 0.15) is 0 Å². The number of hydrogen-bond donors (Lipinski definition) is 2. The first kappa shape index (κ1) is 11.0. The van der Waals surface area contributed by atoms with Crippen molar-refractivity contribution in [3.8, 4) is 0 Å². The lowest BCUT2D eigenvalue weighted by Gasteiger charge is -2.30. The predicted octanol–water partition coefficient (Wildman–Crippen LogP) is 1.41. The molecule has 79 valence electrons. The van der Waals surface area contributed by atoms with Crippen molar-refractivity contribution in [1.82, 2.24) is 0 Å². The van der Waals surface area contributed by atoms with Gasteiger partial charge in [-0.15, -0.1) is 0 Å². The Morgan fingerprint density at radius 3 is 2.57 bits per heavy atom. The highest BCUT2D eigenvalue weighted by molar-refractivity contribution is 5.74. The molecule has 1 saturated carbocycles. The molecule has 1 aliphatic carbocycles. The highest BCUT2D eigenvalue weighted by atomic mass is 16.4. The molecule has 1 aliphatic rings. The SMILES string of the molecule is CC(C(=O)O)C1C[CH]CCC1C(=O)O. The lowest BCUT2D eigenvalue weighted by Crippen LogP contribution is -2.34. The summed E-state index contributed by atoms with van der Waals surface area (Å²) in [4.78, 5) is 21.6. The van der Waals surface area contributed by atoms with E-state index < -0.39 is 23.8 Å². The Morgan fingerprint density at radius 2 is 2.07 bits per heavy atom. The molecule has 2 N–H and O–H groups in total. The van der Waals surface area contributed by atoms with E-state index >= 15 is 0 Å². The third-order valence-electron chi connectivity index (χ3n) is 2.99. The van der Waals surface area contributed by atoms with Crippen molar-refractivity contribution in [1.29, 1.82) is 0 Å². The smallest absolute Gasteiger partial charge is 0.306 e. The molecule has 3 atom stereocenters. The Kier molecular flexibility index (Phi) is 3.49. The summed E-state index contributed by atoms with van der Waals surface area (Å²) in [6.07, 6.45) is 3.94. The van der Waals surface area contributed by atoms with Crippen LogP contribution in [0.1, 0.15) is 26.2 Å². The van der Waals surface area contributed by atoms with Gasteiger partial charge < -0.3 is 10.2 Å². The van der Waals surface area contributed by atoms with Gasteiger partial charge in [0.05, 0.1) is 11.8 Å². The summed E-state index contributed by atoms with van der Waals surface area (Å²) in [7, 11) is 0. The Hall–Kier alpha value is -1.06. The minimum atomic E-state index is -0.906. The van der Waals surface area contributed by atoms with Crippen LogP contribution in [-0.2, 0) is 9.59 Å². The predicted molar refractivity (Wildman–Crippen MR) is 49.6 cm³/mol. The second-order valence-electron chi connectivity index (χ2n) is 3.84. The average Bonchev–Trinajstić information content (AvgIpc) is 2.16. The fourth-order valence-electron chi connectivity index (χ4n) is 2.03. The Balaban J connectivity index is 2.72. The van der Waals surface area contributed by atoms with Crippen LogP contribution in [-0.4, -0.2) is 22.2 Å². The molecule has 1 fully saturated rings. The van der Waals surface area contributed by atoms with E-state index in [1.807, 2.05) is 6.42 Å². The molecule has 3 unspecified atom stereocenters. The van der Waals surface area contributed by atoms with E-state index in [9.17, 15) is 9.59 Å². The normalized spacial score (nSPS) is 29.5. The molecular formula is C10H15O4. The van der Waals surface area contributed by atoms with Gasteiger partial charge in [0.15, 0.2) is 0 Å². The Labute approximate surface area is 82.9 Å². The standard InChI is InChI=1S/C10H15O4/c1-6(9(11)12)7-4-2-3-5-8(7)10(13)14/h2,6-8H,3-5H2,1H3,(H,11,12)(H,13,14). The summed E-state index contributed by atoms with van der Waals surface area (Å²) in [5.74, 6) is -3.09. The number of carbonyl (C=O) groups is 2. The molecule has 1 rings (SSSR count). The minimum absolute atomic E-state index is 0.251. The maximum atomic E-state index is 10.9. The molecule has 4 nitrogen and oxygen atoms in total. The van der Waals surface area contributed by atoms with Crippen LogP contribution in [0.5, 0.6) is 0 Å². The number of carboxylic acid groups (broad SMARTS) is 2. The van der Waals surface area contributed by atoms with Crippen LogP contribution in [0.2, 0.25) is 0 Å². The first-order valence-electron chi connectivity index (χ1n) is 4.81. The lowest BCUT2D eigenvalue weighted by atomic mass is 9.73. The molecule has 0 heterocycles. The third-order valence-corrected chi connectivity index (χ3v) is 2.99. The maximum Gasteiger partial charge on any atom is 0.306 e. The molecule has 0 bridgehead atoms. The monoisotopic (exact) mass is 199 g/mol. The summed E-state index contributed by atoms with van der Waals surface area (Å²) in [5.41, 5.74) is 0. The number of rotatable bonds is 3. The largest absolute Gasteiger partial charge is 0.481 e. The van der Waals surface area contributed by atoms with Crippen LogP contribution in [0.4, 0.5) is 0 Å². The molecule has 1 radical (unpaired) electrons. The van der Waals surface area contributed by atoms with E-state index in [1.54, 1.807) is 6.92 Å². The second-order valence-corrected chi connectivity index (χ2v) is 3.84. The van der Waals surface area contributed by atoms with Gasteiger partial charge in [0.2, 0.25) is 0 Å². The van der Waals surface area contributed by atoms with E-state index in [-0.39, 0.29) is 5.92 Å². The molecule has 0 amide bonds. The topological polar surface area (TPSA) is 74.6 Å². The molecule has 0 aromatic heterocycles. The van der Waals surface area contributed by atoms with Crippen molar-refractivity contribution < 1.29 is 19.8 Å². The fourth-order valence-corrected chi connectivity index (χ4v) is 2.03. The highest BCUT2D eigenvalue weighted by Gasteiger charge is 2.37. The van der Waals surface area contributed by atoms with Gasteiger partial charge in [-0.3, -0.25) is 9.59 Å². The second kappa shape index (κ2) is 4.44. The van der Waals surface area contributed by atoms with Crippen molar-refractivity contribution in [3.05, 3.63) is 6.42 Å². The van der Waals surface area contributed by atoms with Crippen molar-refractivity contribution in [3.63, 3.8) is 0 Å². The van der Waals surface area contributed by atoms with Gasteiger partial charge in [-0.25, -0.2) is 0 Å². The van der Waals surface area contributed by atoms with Crippen molar-refractivity contribution in [2.45, 2.75) is 26.2 Å². The van der Waals surface area contributed by atoms with Gasteiger partial charge in [-0.2, -0.15) is 0 Å². The molecule has 0 aromatic carbocycles. The van der Waals surface area contributed by atoms with E-state index in [0.717, 1.165) is 6.42 Å².